The van der Waals surface area contributed by atoms with Gasteiger partial charge in [-0.25, -0.2) is 0 Å². The number of nitrogens with one attached hydrogen (secondary N) is 1. The van der Waals surface area contributed by atoms with Crippen molar-refractivity contribution < 1.29 is 5.11 Å². The number of H-pyrrole nitrogens is 1. The molecule has 0 aliphatic heterocycles. The Morgan fingerprint density at radius 2 is 2.29 bits per heavy atom. The molecule has 0 radical (unpaired) electrons. The third-order valence-corrected chi connectivity index (χ3v) is 2.95. The average molecular weight is 253 g/mol. The molecule has 0 aromatic carbocycles. The zero-order valence-electron chi connectivity index (χ0n) is 9.84. The Labute approximate surface area is 104 Å². The van der Waals surface area contributed by atoms with Crippen molar-refractivity contribution in [2.24, 2.45) is 7.05 Å². The Bertz CT molecular complexity index is 568. The van der Waals surface area contributed by atoms with Crippen LogP contribution in [0, 0.1) is 4.77 Å². The predicted molar refractivity (Wildman–Crippen MR) is 65.0 cm³/mol. The molecule has 0 fully saturated rings. The quantitative estimate of drug-likeness (QED) is 0.790. The van der Waals surface area contributed by atoms with Gasteiger partial charge < -0.3 is 5.11 Å². The van der Waals surface area contributed by atoms with Gasteiger partial charge in [-0.1, -0.05) is 6.92 Å². The van der Waals surface area contributed by atoms with Crippen molar-refractivity contribution >= 4 is 12.2 Å². The van der Waals surface area contributed by atoms with Gasteiger partial charge >= 0.3 is 0 Å². The summed E-state index contributed by atoms with van der Waals surface area (Å²) in [6, 6.07) is 0. The van der Waals surface area contributed by atoms with Gasteiger partial charge in [-0.3, -0.25) is 14.3 Å². The van der Waals surface area contributed by atoms with E-state index in [9.17, 15) is 5.11 Å². The lowest BCUT2D eigenvalue weighted by Gasteiger charge is -2.04. The van der Waals surface area contributed by atoms with Crippen LogP contribution >= 0.6 is 12.2 Å². The molecule has 2 rings (SSSR count). The molecule has 0 aliphatic rings. The fourth-order valence-electron chi connectivity index (χ4n) is 1.82. The second kappa shape index (κ2) is 4.80. The first-order valence-corrected chi connectivity index (χ1v) is 5.82. The number of hydrogen-bond donors (Lipinski definition) is 2. The molecule has 2 N–H and O–H groups in total. The van der Waals surface area contributed by atoms with Crippen molar-refractivity contribution in [1.29, 1.82) is 0 Å². The Morgan fingerprint density at radius 1 is 1.53 bits per heavy atom. The molecule has 0 atom stereocenters. The number of rotatable bonds is 4. The summed E-state index contributed by atoms with van der Waals surface area (Å²) in [5, 5.41) is 20.2. The molecule has 0 unspecified atom stereocenters. The van der Waals surface area contributed by atoms with E-state index < -0.39 is 0 Å². The molecule has 92 valence electrons. The molecule has 2 aromatic heterocycles. The van der Waals surface area contributed by atoms with Crippen molar-refractivity contribution in [2.45, 2.75) is 26.5 Å². The maximum absolute atomic E-state index is 9.17. The van der Waals surface area contributed by atoms with E-state index in [2.05, 4.69) is 22.2 Å². The molecular formula is C10H15N5OS. The highest BCUT2D eigenvalue weighted by Crippen LogP contribution is 2.11. The van der Waals surface area contributed by atoms with Crippen LogP contribution in [0.2, 0.25) is 0 Å². The molecule has 2 aromatic rings. The monoisotopic (exact) mass is 253 g/mol. The number of aliphatic hydroxyl groups is 1. The molecule has 0 bridgehead atoms. The van der Waals surface area contributed by atoms with E-state index >= 15 is 0 Å². The van der Waals surface area contributed by atoms with Gasteiger partial charge in [0.25, 0.3) is 0 Å². The second-order valence-corrected chi connectivity index (χ2v) is 4.20. The van der Waals surface area contributed by atoms with Crippen molar-refractivity contribution in [3.8, 4) is 0 Å². The maximum Gasteiger partial charge on any atom is 0.195 e. The van der Waals surface area contributed by atoms with E-state index in [1.807, 2.05) is 13.2 Å². The first-order chi connectivity index (χ1) is 8.15. The van der Waals surface area contributed by atoms with Crippen LogP contribution < -0.4 is 0 Å². The van der Waals surface area contributed by atoms with Crippen LogP contribution in [-0.2, 0) is 26.6 Å². The standard InChI is InChI=1S/C10H15N5OS/c1-3-8-7(4-14(2)13-8)5-15-9(6-16)11-12-10(15)17/h4,16H,3,5-6H2,1-2H3,(H,12,17). The van der Waals surface area contributed by atoms with Crippen molar-refractivity contribution in [2.75, 3.05) is 0 Å². The number of aryl methyl sites for hydroxylation is 2. The fourth-order valence-corrected chi connectivity index (χ4v) is 2.03. The molecule has 17 heavy (non-hydrogen) atoms. The summed E-state index contributed by atoms with van der Waals surface area (Å²) in [6.45, 7) is 2.52. The molecule has 0 amide bonds. The average Bonchev–Trinajstić information content (AvgIpc) is 2.84. The molecule has 0 spiro atoms. The van der Waals surface area contributed by atoms with E-state index in [4.69, 9.17) is 12.2 Å². The number of hydrogen-bond acceptors (Lipinski definition) is 4. The van der Waals surface area contributed by atoms with E-state index in [-0.39, 0.29) is 6.61 Å². The molecular weight excluding hydrogens is 238 g/mol. The maximum atomic E-state index is 9.17. The minimum Gasteiger partial charge on any atom is -0.388 e. The van der Waals surface area contributed by atoms with E-state index in [0.717, 1.165) is 17.7 Å². The SMILES string of the molecule is CCc1nn(C)cc1Cn1c(CO)n[nH]c1=S. The Hall–Kier alpha value is -1.47. The third kappa shape index (κ3) is 2.29. The first kappa shape index (κ1) is 12.0. The van der Waals surface area contributed by atoms with Gasteiger partial charge in [-0.15, -0.1) is 0 Å². The largest absolute Gasteiger partial charge is 0.388 e. The van der Waals surface area contributed by atoms with Crippen molar-refractivity contribution in [1.82, 2.24) is 24.5 Å². The summed E-state index contributed by atoms with van der Waals surface area (Å²) in [4.78, 5) is 0. The third-order valence-electron chi connectivity index (χ3n) is 2.63. The summed E-state index contributed by atoms with van der Waals surface area (Å²) < 4.78 is 4.09. The molecule has 0 aliphatic carbocycles. The lowest BCUT2D eigenvalue weighted by Crippen LogP contribution is -2.06. The van der Waals surface area contributed by atoms with E-state index in [0.29, 0.717) is 17.1 Å². The lowest BCUT2D eigenvalue weighted by atomic mass is 10.2. The summed E-state index contributed by atoms with van der Waals surface area (Å²) in [5.41, 5.74) is 2.14. The summed E-state index contributed by atoms with van der Waals surface area (Å²) in [6.07, 6.45) is 2.84. The number of aromatic nitrogens is 5. The Balaban J connectivity index is 2.37. The fraction of sp³-hybridized carbons (Fsp3) is 0.500. The second-order valence-electron chi connectivity index (χ2n) is 3.82. The molecule has 6 nitrogen and oxygen atoms in total. The highest BCUT2D eigenvalue weighted by molar-refractivity contribution is 7.71. The van der Waals surface area contributed by atoms with Crippen LogP contribution in [-0.4, -0.2) is 29.7 Å². The summed E-state index contributed by atoms with van der Waals surface area (Å²) in [5.74, 6) is 0.543. The van der Waals surface area contributed by atoms with Gasteiger partial charge in [0.05, 0.1) is 12.2 Å². The summed E-state index contributed by atoms with van der Waals surface area (Å²) >= 11 is 5.13. The molecule has 0 saturated carbocycles. The van der Waals surface area contributed by atoms with Crippen LogP contribution in [0.4, 0.5) is 0 Å². The Morgan fingerprint density at radius 3 is 2.94 bits per heavy atom. The topological polar surface area (TPSA) is 71.7 Å². The van der Waals surface area contributed by atoms with Crippen molar-refractivity contribution in [3.63, 3.8) is 0 Å². The van der Waals surface area contributed by atoms with Gasteiger partial charge in [0.2, 0.25) is 0 Å². The highest BCUT2D eigenvalue weighted by atomic mass is 32.1. The van der Waals surface area contributed by atoms with Gasteiger partial charge in [-0.2, -0.15) is 10.2 Å². The van der Waals surface area contributed by atoms with Crippen LogP contribution in [0.1, 0.15) is 24.0 Å². The van der Waals surface area contributed by atoms with Crippen molar-refractivity contribution in [3.05, 3.63) is 28.0 Å². The van der Waals surface area contributed by atoms with Crippen LogP contribution in [0.3, 0.4) is 0 Å². The zero-order chi connectivity index (χ0) is 12.4. The minimum absolute atomic E-state index is 0.130. The van der Waals surface area contributed by atoms with Crippen LogP contribution in [0.5, 0.6) is 0 Å². The Kier molecular flexibility index (Phi) is 3.39. The smallest absolute Gasteiger partial charge is 0.195 e. The van der Waals surface area contributed by atoms with Gasteiger partial charge in [0.1, 0.15) is 6.61 Å². The van der Waals surface area contributed by atoms with E-state index in [1.165, 1.54) is 0 Å². The molecule has 7 heteroatoms. The van der Waals surface area contributed by atoms with Crippen LogP contribution in [0.25, 0.3) is 0 Å². The predicted octanol–water partition coefficient (Wildman–Crippen LogP) is 0.777. The van der Waals surface area contributed by atoms with Gasteiger partial charge in [-0.05, 0) is 18.6 Å². The molecule has 2 heterocycles. The summed E-state index contributed by atoms with van der Waals surface area (Å²) in [7, 11) is 1.89. The van der Waals surface area contributed by atoms with Gasteiger partial charge in [0.15, 0.2) is 10.6 Å². The number of aromatic amines is 1. The molecule has 0 saturated heterocycles. The van der Waals surface area contributed by atoms with Crippen LogP contribution in [0.15, 0.2) is 6.20 Å². The normalized spacial score (nSPS) is 11.0. The lowest BCUT2D eigenvalue weighted by molar-refractivity contribution is 0.265. The van der Waals surface area contributed by atoms with Gasteiger partial charge in [0, 0.05) is 18.8 Å². The minimum atomic E-state index is -0.130. The number of aliphatic hydroxyl groups excluding tert-OH is 1. The number of nitrogens with zero attached hydrogens (tertiary/aromatic N) is 4. The first-order valence-electron chi connectivity index (χ1n) is 5.42. The zero-order valence-corrected chi connectivity index (χ0v) is 10.7. The highest BCUT2D eigenvalue weighted by Gasteiger charge is 2.10. The van der Waals surface area contributed by atoms with E-state index in [1.54, 1.807) is 9.25 Å².